The third-order valence-corrected chi connectivity index (χ3v) is 7.30. The molecule has 1 aromatic rings. The zero-order valence-corrected chi connectivity index (χ0v) is 24.4. The number of ether oxygens (including phenoxy) is 3. The molecule has 0 saturated heterocycles. The number of benzene rings is 1. The molecule has 10 heteroatoms. The molecule has 2 bridgehead atoms. The summed E-state index contributed by atoms with van der Waals surface area (Å²) in [5, 5.41) is 35.7. The minimum atomic E-state index is -0.981. The number of carbonyl (C=O) groups is 2. The Morgan fingerprint density at radius 1 is 1.18 bits per heavy atom. The van der Waals surface area contributed by atoms with Gasteiger partial charge < -0.3 is 40.6 Å². The molecule has 0 fully saturated rings. The molecule has 10 nitrogen and oxygen atoms in total. The lowest BCUT2D eigenvalue weighted by atomic mass is 9.86. The van der Waals surface area contributed by atoms with Gasteiger partial charge in [0.1, 0.15) is 17.6 Å². The minimum Gasteiger partial charge on any atom is -0.508 e. The number of aliphatic hydroxyl groups excluding tert-OH is 1. The molecule has 222 valence electrons. The van der Waals surface area contributed by atoms with E-state index in [1.807, 2.05) is 20.8 Å². The van der Waals surface area contributed by atoms with E-state index >= 15 is 0 Å². The first-order valence-corrected chi connectivity index (χ1v) is 13.5. The highest BCUT2D eigenvalue weighted by molar-refractivity contribution is 6.04. The fraction of sp³-hybridized carbons (Fsp3) is 0.533. The van der Waals surface area contributed by atoms with Gasteiger partial charge in [-0.2, -0.15) is 0 Å². The van der Waals surface area contributed by atoms with Crippen LogP contribution < -0.4 is 11.1 Å². The summed E-state index contributed by atoms with van der Waals surface area (Å²) in [4.78, 5) is 24.6. The molecule has 1 aliphatic heterocycles. The van der Waals surface area contributed by atoms with Crippen LogP contribution in [0.2, 0.25) is 0 Å². The summed E-state index contributed by atoms with van der Waals surface area (Å²) in [5.41, 5.74) is 7.50. The summed E-state index contributed by atoms with van der Waals surface area (Å²) in [7, 11) is 2.97. The van der Waals surface area contributed by atoms with E-state index in [1.165, 1.54) is 20.3 Å². The maximum Gasteiger partial charge on any atom is 0.405 e. The van der Waals surface area contributed by atoms with Crippen LogP contribution in [0.1, 0.15) is 52.2 Å². The predicted molar refractivity (Wildman–Crippen MR) is 153 cm³/mol. The molecule has 2 amide bonds. The van der Waals surface area contributed by atoms with Gasteiger partial charge in [0.2, 0.25) is 0 Å². The van der Waals surface area contributed by atoms with Gasteiger partial charge in [-0.1, -0.05) is 45.1 Å². The van der Waals surface area contributed by atoms with Gasteiger partial charge in [0.05, 0.1) is 17.9 Å². The van der Waals surface area contributed by atoms with E-state index in [1.54, 1.807) is 38.2 Å². The number of phenolic OH excluding ortho intramolecular Hbond substituents is 2. The first-order valence-electron chi connectivity index (χ1n) is 13.5. The van der Waals surface area contributed by atoms with E-state index in [0.29, 0.717) is 41.5 Å². The normalized spacial score (nSPS) is 30.4. The van der Waals surface area contributed by atoms with Gasteiger partial charge in [-0.05, 0) is 44.6 Å². The zero-order chi connectivity index (χ0) is 30.1. The van der Waals surface area contributed by atoms with Gasteiger partial charge in [-0.25, -0.2) is 4.79 Å². The fourth-order valence-electron chi connectivity index (χ4n) is 5.07. The van der Waals surface area contributed by atoms with Gasteiger partial charge in [-0.3, -0.25) is 4.79 Å². The van der Waals surface area contributed by atoms with E-state index in [9.17, 15) is 24.9 Å². The van der Waals surface area contributed by atoms with E-state index in [2.05, 4.69) is 5.32 Å². The van der Waals surface area contributed by atoms with Crippen molar-refractivity contribution in [2.45, 2.75) is 78.3 Å². The summed E-state index contributed by atoms with van der Waals surface area (Å²) in [5.74, 6) is -1.08. The monoisotopic (exact) mass is 560 g/mol. The summed E-state index contributed by atoms with van der Waals surface area (Å²) in [6.07, 6.45) is 3.78. The summed E-state index contributed by atoms with van der Waals surface area (Å²) >= 11 is 0. The van der Waals surface area contributed by atoms with Crippen molar-refractivity contribution in [1.82, 2.24) is 0 Å². The van der Waals surface area contributed by atoms with Crippen molar-refractivity contribution in [3.8, 4) is 11.5 Å². The Bertz CT molecular complexity index is 1140. The van der Waals surface area contributed by atoms with Crippen LogP contribution in [0.3, 0.4) is 0 Å². The third kappa shape index (κ3) is 8.33. The van der Waals surface area contributed by atoms with Crippen LogP contribution in [0.15, 0.2) is 41.5 Å². The highest BCUT2D eigenvalue weighted by atomic mass is 16.6. The van der Waals surface area contributed by atoms with Gasteiger partial charge in [0, 0.05) is 42.9 Å². The van der Waals surface area contributed by atoms with Crippen LogP contribution in [0.5, 0.6) is 11.5 Å². The molecule has 0 unspecified atom stereocenters. The topological polar surface area (TPSA) is 161 Å². The number of hydrogen-bond acceptors (Lipinski definition) is 8. The first kappa shape index (κ1) is 32.9. The molecule has 1 heterocycles. The van der Waals surface area contributed by atoms with Crippen LogP contribution >= 0.6 is 0 Å². The Kier molecular flexibility index (Phi) is 12.2. The largest absolute Gasteiger partial charge is 0.508 e. The molecule has 6 atom stereocenters. The highest BCUT2D eigenvalue weighted by Gasteiger charge is 2.30. The SMILES string of the molecule is CCc1c(O)cc2c(O)c1C[C@@H](C)C[C@H](OC)[C@H](O)[C@@H](C)/C=C(\C)[C@H](OC(N)=O)[C@@H](OC)/C=C\C=C(/C)C(=O)N2. The van der Waals surface area contributed by atoms with Crippen molar-refractivity contribution in [3.63, 3.8) is 0 Å². The molecule has 0 aromatic heterocycles. The third-order valence-electron chi connectivity index (χ3n) is 7.30. The standard InChI is InChI=1S/C30H44N2O8/c1-8-20-21-12-16(2)13-25(39-7)26(34)18(4)14-19(5)28(40-30(31)37)24(38-6)11-9-10-17(3)29(36)32-22(27(21)35)15-23(20)33/h9-11,14-16,18,24-26,28,33-35H,8,12-13H2,1-7H3,(H2,31,37)(H,32,36)/b11-9-,17-10+,19-14+/t16-,18+,24+,25+,26-,28+/m1/s1. The maximum absolute atomic E-state index is 12.9. The number of aliphatic hydroxyl groups is 1. The molecular weight excluding hydrogens is 516 g/mol. The van der Waals surface area contributed by atoms with Crippen molar-refractivity contribution in [3.05, 3.63) is 52.6 Å². The zero-order valence-electron chi connectivity index (χ0n) is 24.4. The van der Waals surface area contributed by atoms with Crippen LogP contribution in [0.4, 0.5) is 10.5 Å². The van der Waals surface area contributed by atoms with E-state index < -0.39 is 42.3 Å². The average molecular weight is 561 g/mol. The number of carbonyl (C=O) groups excluding carboxylic acids is 2. The summed E-state index contributed by atoms with van der Waals surface area (Å²) in [6, 6.07) is 1.34. The van der Waals surface area contributed by atoms with Gasteiger partial charge in [0.15, 0.2) is 6.10 Å². The second-order valence-corrected chi connectivity index (χ2v) is 10.4. The number of nitrogens with one attached hydrogen (secondary N) is 1. The summed E-state index contributed by atoms with van der Waals surface area (Å²) in [6.45, 7) is 9.03. The number of hydrogen-bond donors (Lipinski definition) is 5. The smallest absolute Gasteiger partial charge is 0.405 e. The number of allylic oxidation sites excluding steroid dienone is 2. The Morgan fingerprint density at radius 3 is 2.42 bits per heavy atom. The Balaban J connectivity index is 2.65. The van der Waals surface area contributed by atoms with Crippen LogP contribution in [-0.2, 0) is 31.8 Å². The number of primary amides is 1. The molecule has 0 aliphatic carbocycles. The number of aromatic hydroxyl groups is 2. The second-order valence-electron chi connectivity index (χ2n) is 10.4. The van der Waals surface area contributed by atoms with Crippen molar-refractivity contribution >= 4 is 17.7 Å². The molecule has 1 aromatic carbocycles. The number of methoxy groups -OCH3 is 2. The molecule has 0 radical (unpaired) electrons. The number of amides is 2. The van der Waals surface area contributed by atoms with E-state index in [0.717, 1.165) is 0 Å². The Hall–Kier alpha value is -3.34. The van der Waals surface area contributed by atoms with Crippen LogP contribution in [-0.4, -0.2) is 66.0 Å². The van der Waals surface area contributed by atoms with Crippen LogP contribution in [0.25, 0.3) is 0 Å². The molecule has 0 saturated carbocycles. The minimum absolute atomic E-state index is 0.0220. The number of nitrogens with two attached hydrogens (primary N) is 1. The van der Waals surface area contributed by atoms with Gasteiger partial charge >= 0.3 is 6.09 Å². The van der Waals surface area contributed by atoms with Gasteiger partial charge in [0.25, 0.3) is 5.91 Å². The quantitative estimate of drug-likeness (QED) is 0.209. The first-order chi connectivity index (χ1) is 18.8. The number of phenols is 2. The Labute approximate surface area is 236 Å². The predicted octanol–water partition coefficient (Wildman–Crippen LogP) is 4.12. The number of anilines is 1. The van der Waals surface area contributed by atoms with E-state index in [4.69, 9.17) is 19.9 Å². The second kappa shape index (κ2) is 14.9. The molecule has 6 N–H and O–H groups in total. The lowest BCUT2D eigenvalue weighted by Crippen LogP contribution is -2.37. The molecule has 40 heavy (non-hydrogen) atoms. The Morgan fingerprint density at radius 2 is 1.85 bits per heavy atom. The van der Waals surface area contributed by atoms with Gasteiger partial charge in [-0.15, -0.1) is 0 Å². The van der Waals surface area contributed by atoms with Crippen molar-refractivity contribution in [1.29, 1.82) is 0 Å². The van der Waals surface area contributed by atoms with Crippen LogP contribution in [0, 0.1) is 11.8 Å². The van der Waals surface area contributed by atoms with Crippen molar-refractivity contribution < 1.29 is 39.1 Å². The number of rotatable bonds is 4. The van der Waals surface area contributed by atoms with E-state index in [-0.39, 0.29) is 23.1 Å². The molecular formula is C30H44N2O8. The molecule has 1 aliphatic rings. The average Bonchev–Trinajstić information content (AvgIpc) is 2.90. The molecule has 2 rings (SSSR count). The fourth-order valence-corrected chi connectivity index (χ4v) is 5.07. The highest BCUT2D eigenvalue weighted by Crippen LogP contribution is 2.39. The summed E-state index contributed by atoms with van der Waals surface area (Å²) < 4.78 is 16.6. The maximum atomic E-state index is 12.9. The van der Waals surface area contributed by atoms with Crippen molar-refractivity contribution in [2.24, 2.45) is 17.6 Å². The lowest BCUT2D eigenvalue weighted by Gasteiger charge is -2.29. The molecule has 0 spiro atoms. The number of fused-ring (bicyclic) bond motifs is 2. The lowest BCUT2D eigenvalue weighted by molar-refractivity contribution is -0.112. The van der Waals surface area contributed by atoms with Crippen molar-refractivity contribution in [2.75, 3.05) is 19.5 Å².